The average molecular weight is 360 g/mol. The van der Waals surface area contributed by atoms with Crippen LogP contribution in [0.4, 0.5) is 0 Å². The van der Waals surface area contributed by atoms with Gasteiger partial charge in [-0.05, 0) is 0 Å². The summed E-state index contributed by atoms with van der Waals surface area (Å²) < 4.78 is 4.51. The summed E-state index contributed by atoms with van der Waals surface area (Å²) in [6.45, 7) is 6.81. The number of benzene rings is 3. The van der Waals surface area contributed by atoms with E-state index in [1.165, 1.54) is 18.8 Å². The van der Waals surface area contributed by atoms with Crippen molar-refractivity contribution in [3.63, 3.8) is 0 Å². The van der Waals surface area contributed by atoms with E-state index in [0.717, 1.165) is 0 Å². The van der Waals surface area contributed by atoms with Crippen LogP contribution in [0.3, 0.4) is 0 Å². The fourth-order valence-electron chi connectivity index (χ4n) is 2.85. The molecule has 0 spiro atoms. The molecule has 0 amide bonds. The molecule has 3 aromatic rings. The molecule has 0 heterocycles. The zero-order valence-electron chi connectivity index (χ0n) is 14.1. The summed E-state index contributed by atoms with van der Waals surface area (Å²) in [4.78, 5) is 0. The first kappa shape index (κ1) is 16.1. The molecule has 0 atom stereocenters. The summed E-state index contributed by atoms with van der Waals surface area (Å²) in [6.07, 6.45) is 0. The number of rotatable bonds is 3. The van der Waals surface area contributed by atoms with E-state index >= 15 is 0 Å². The normalized spacial score (nSPS) is 11.7. The van der Waals surface area contributed by atoms with Crippen LogP contribution in [0.1, 0.15) is 26.3 Å². The predicted octanol–water partition coefficient (Wildman–Crippen LogP) is 3.50. The van der Waals surface area contributed by atoms with Crippen LogP contribution in [0.5, 0.6) is 0 Å². The Bertz CT molecular complexity index is 698. The molecular formula is C22H23Ge. The fourth-order valence-corrected chi connectivity index (χ4v) is 8.20. The van der Waals surface area contributed by atoms with E-state index in [1.54, 1.807) is 0 Å². The van der Waals surface area contributed by atoms with Crippen molar-refractivity contribution < 1.29 is 0 Å². The van der Waals surface area contributed by atoms with E-state index in [1.807, 2.05) is 0 Å². The van der Waals surface area contributed by atoms with Gasteiger partial charge in [-0.2, -0.15) is 0 Å². The van der Waals surface area contributed by atoms with Crippen LogP contribution in [0.15, 0.2) is 84.9 Å². The molecule has 0 unspecified atom stereocenters. The Hall–Kier alpha value is -1.80. The van der Waals surface area contributed by atoms with Crippen LogP contribution >= 0.6 is 0 Å². The molecule has 0 aliphatic rings. The Balaban J connectivity index is 2.06. The minimum atomic E-state index is -1.72. The standard InChI is InChI=1S/C22H23Ge/c1-22(2,3)18-14-16-21(17-15-18)23(19-10-6-4-7-11-19)20-12-8-5-9-13-20/h4-17H,1-3H3. The summed E-state index contributed by atoms with van der Waals surface area (Å²) in [7, 11) is 0. The molecule has 0 fully saturated rings. The van der Waals surface area contributed by atoms with Crippen molar-refractivity contribution in [3.05, 3.63) is 90.5 Å². The van der Waals surface area contributed by atoms with Crippen LogP contribution in [-0.2, 0) is 5.41 Å². The molecule has 0 N–H and O–H groups in total. The van der Waals surface area contributed by atoms with E-state index in [-0.39, 0.29) is 5.41 Å². The minimum absolute atomic E-state index is 0.207. The molecule has 0 saturated carbocycles. The van der Waals surface area contributed by atoms with Crippen molar-refractivity contribution in [1.29, 1.82) is 0 Å². The molecular weight excluding hydrogens is 337 g/mol. The predicted molar refractivity (Wildman–Crippen MR) is 103 cm³/mol. The van der Waals surface area contributed by atoms with E-state index in [9.17, 15) is 0 Å². The molecule has 0 saturated heterocycles. The second-order valence-electron chi connectivity index (χ2n) is 6.93. The van der Waals surface area contributed by atoms with Gasteiger partial charge in [0.25, 0.3) is 0 Å². The summed E-state index contributed by atoms with van der Waals surface area (Å²) >= 11 is -1.72. The van der Waals surface area contributed by atoms with Crippen LogP contribution in [0.25, 0.3) is 0 Å². The van der Waals surface area contributed by atoms with Crippen molar-refractivity contribution in [3.8, 4) is 0 Å². The Kier molecular flexibility index (Phi) is 4.72. The van der Waals surface area contributed by atoms with Gasteiger partial charge in [-0.15, -0.1) is 0 Å². The van der Waals surface area contributed by atoms with Gasteiger partial charge >= 0.3 is 144 Å². The van der Waals surface area contributed by atoms with E-state index in [2.05, 4.69) is 106 Å². The van der Waals surface area contributed by atoms with E-state index in [4.69, 9.17) is 0 Å². The van der Waals surface area contributed by atoms with Crippen molar-refractivity contribution in [2.75, 3.05) is 0 Å². The molecule has 0 aliphatic carbocycles. The van der Waals surface area contributed by atoms with Gasteiger partial charge in [0.05, 0.1) is 0 Å². The summed E-state index contributed by atoms with van der Waals surface area (Å²) in [5.74, 6) is 0. The van der Waals surface area contributed by atoms with Crippen LogP contribution in [0, 0.1) is 0 Å². The van der Waals surface area contributed by atoms with Crippen LogP contribution < -0.4 is 13.2 Å². The average Bonchev–Trinajstić information content (AvgIpc) is 2.57. The molecule has 1 heteroatoms. The Morgan fingerprint density at radius 1 is 0.522 bits per heavy atom. The van der Waals surface area contributed by atoms with Gasteiger partial charge in [0.2, 0.25) is 0 Å². The van der Waals surface area contributed by atoms with Gasteiger partial charge in [-0.1, -0.05) is 0 Å². The third kappa shape index (κ3) is 3.76. The van der Waals surface area contributed by atoms with Crippen molar-refractivity contribution in [2.45, 2.75) is 26.2 Å². The van der Waals surface area contributed by atoms with Crippen molar-refractivity contribution in [1.82, 2.24) is 0 Å². The number of hydrogen-bond donors (Lipinski definition) is 0. The molecule has 1 radical (unpaired) electrons. The molecule has 23 heavy (non-hydrogen) atoms. The third-order valence-electron chi connectivity index (χ3n) is 4.16. The molecule has 0 bridgehead atoms. The van der Waals surface area contributed by atoms with Crippen molar-refractivity contribution >= 4 is 27.5 Å². The van der Waals surface area contributed by atoms with Gasteiger partial charge in [0, 0.05) is 0 Å². The molecule has 3 aromatic carbocycles. The SMILES string of the molecule is CC(C)(C)c1cc[c]([Ge]([c]2ccccc2)[c]2ccccc2)cc1. The molecule has 0 nitrogen and oxygen atoms in total. The molecule has 115 valence electrons. The monoisotopic (exact) mass is 361 g/mol. The van der Waals surface area contributed by atoms with Crippen molar-refractivity contribution in [2.24, 2.45) is 0 Å². The quantitative estimate of drug-likeness (QED) is 0.628. The summed E-state index contributed by atoms with van der Waals surface area (Å²) in [5.41, 5.74) is 1.61. The Morgan fingerprint density at radius 3 is 1.30 bits per heavy atom. The first-order valence-electron chi connectivity index (χ1n) is 8.14. The maximum absolute atomic E-state index is 2.36. The topological polar surface area (TPSA) is 0 Å². The summed E-state index contributed by atoms with van der Waals surface area (Å²) in [6, 6.07) is 31.4. The second-order valence-corrected chi connectivity index (χ2v) is 12.1. The first-order chi connectivity index (χ1) is 11.1. The number of hydrogen-bond acceptors (Lipinski definition) is 0. The second kappa shape index (κ2) is 6.76. The van der Waals surface area contributed by atoms with Gasteiger partial charge in [0.15, 0.2) is 0 Å². The maximum atomic E-state index is 2.36. The third-order valence-corrected chi connectivity index (χ3v) is 9.90. The van der Waals surface area contributed by atoms with Crippen LogP contribution in [-0.4, -0.2) is 14.3 Å². The zero-order valence-corrected chi connectivity index (χ0v) is 16.2. The van der Waals surface area contributed by atoms with E-state index in [0.29, 0.717) is 0 Å². The zero-order chi connectivity index (χ0) is 16.3. The van der Waals surface area contributed by atoms with Gasteiger partial charge in [-0.25, -0.2) is 0 Å². The molecule has 0 aliphatic heterocycles. The molecule has 3 rings (SSSR count). The summed E-state index contributed by atoms with van der Waals surface area (Å²) in [5, 5.41) is 0. The molecule has 0 aromatic heterocycles. The Morgan fingerprint density at radius 2 is 0.913 bits per heavy atom. The Labute approximate surface area is 144 Å². The van der Waals surface area contributed by atoms with Gasteiger partial charge in [-0.3, -0.25) is 0 Å². The van der Waals surface area contributed by atoms with Crippen LogP contribution in [0.2, 0.25) is 0 Å². The first-order valence-corrected chi connectivity index (χ1v) is 11.3. The fraction of sp³-hybridized carbons (Fsp3) is 0.182. The van der Waals surface area contributed by atoms with Gasteiger partial charge in [0.1, 0.15) is 0 Å². The van der Waals surface area contributed by atoms with Gasteiger partial charge < -0.3 is 0 Å². The van der Waals surface area contributed by atoms with E-state index < -0.39 is 14.3 Å².